The zero-order chi connectivity index (χ0) is 29.6. The van der Waals surface area contributed by atoms with E-state index in [1.165, 1.54) is 14.2 Å². The van der Waals surface area contributed by atoms with E-state index in [-0.39, 0.29) is 12.3 Å². The van der Waals surface area contributed by atoms with E-state index < -0.39 is 17.9 Å². The van der Waals surface area contributed by atoms with Crippen LogP contribution in [0, 0.1) is 5.92 Å². The van der Waals surface area contributed by atoms with E-state index in [2.05, 4.69) is 10.5 Å². The summed E-state index contributed by atoms with van der Waals surface area (Å²) in [5, 5.41) is 6.83. The molecule has 1 amide bonds. The van der Waals surface area contributed by atoms with Crippen LogP contribution >= 0.6 is 11.8 Å². The minimum absolute atomic E-state index is 0.0120. The molecule has 2 aromatic rings. The quantitative estimate of drug-likeness (QED) is 0.143. The topological polar surface area (TPSA) is 114 Å². The SMILES string of the molecule is COCCOCc1cc(OC)c(-c2ccc(C[C@H](NC(=O)C(=NOC)C3CCSCC3)C(=O)OC)cc2)c(OC)c1. The molecule has 10 nitrogen and oxygen atoms in total. The Hall–Kier alpha value is -3.28. The van der Waals surface area contributed by atoms with Crippen LogP contribution in [0.25, 0.3) is 11.1 Å². The van der Waals surface area contributed by atoms with Gasteiger partial charge in [0, 0.05) is 19.4 Å². The molecule has 1 aliphatic rings. The molecule has 41 heavy (non-hydrogen) atoms. The summed E-state index contributed by atoms with van der Waals surface area (Å²) in [6.45, 7) is 1.39. The van der Waals surface area contributed by atoms with Gasteiger partial charge < -0.3 is 33.8 Å². The number of carbonyl (C=O) groups is 2. The number of oxime groups is 1. The number of carbonyl (C=O) groups excluding carboxylic acids is 2. The first kappa shape index (κ1) is 32.2. The van der Waals surface area contributed by atoms with Crippen molar-refractivity contribution in [3.8, 4) is 22.6 Å². The van der Waals surface area contributed by atoms with E-state index in [9.17, 15) is 9.59 Å². The molecule has 1 fully saturated rings. The molecule has 0 unspecified atom stereocenters. The van der Waals surface area contributed by atoms with Gasteiger partial charge in [-0.1, -0.05) is 29.4 Å². The predicted octanol–water partition coefficient (Wildman–Crippen LogP) is 3.88. The van der Waals surface area contributed by atoms with Crippen LogP contribution in [0.15, 0.2) is 41.6 Å². The molecule has 1 saturated heterocycles. The predicted molar refractivity (Wildman–Crippen MR) is 159 cm³/mol. The second-order valence-electron chi connectivity index (χ2n) is 9.42. The van der Waals surface area contributed by atoms with E-state index in [0.717, 1.165) is 46.6 Å². The summed E-state index contributed by atoms with van der Waals surface area (Å²) in [5.74, 6) is 2.23. The fraction of sp³-hybridized carbons (Fsp3) is 0.500. The van der Waals surface area contributed by atoms with Gasteiger partial charge in [0.1, 0.15) is 30.4 Å². The molecule has 0 aromatic heterocycles. The maximum atomic E-state index is 13.2. The number of nitrogens with one attached hydrogen (secondary N) is 1. The molecule has 1 atom stereocenters. The number of ether oxygens (including phenoxy) is 5. The average molecular weight is 589 g/mol. The molecule has 1 aliphatic heterocycles. The van der Waals surface area contributed by atoms with Gasteiger partial charge in [-0.3, -0.25) is 4.79 Å². The second kappa shape index (κ2) is 16.9. The fourth-order valence-corrected chi connectivity index (χ4v) is 5.75. The van der Waals surface area contributed by atoms with Crippen molar-refractivity contribution >= 4 is 29.4 Å². The van der Waals surface area contributed by atoms with Crippen LogP contribution in [0.5, 0.6) is 11.5 Å². The lowest BCUT2D eigenvalue weighted by molar-refractivity contribution is -0.144. The van der Waals surface area contributed by atoms with E-state index in [0.29, 0.717) is 37.0 Å². The third-order valence-electron chi connectivity index (χ3n) is 6.77. The Bertz CT molecular complexity index is 1140. The highest BCUT2D eigenvalue weighted by Gasteiger charge is 2.30. The average Bonchev–Trinajstić information content (AvgIpc) is 3.01. The summed E-state index contributed by atoms with van der Waals surface area (Å²) in [5.41, 5.74) is 3.73. The number of thioether (sulfide) groups is 1. The third kappa shape index (κ3) is 9.11. The molecule has 0 aliphatic carbocycles. The van der Waals surface area contributed by atoms with Crippen LogP contribution in [-0.2, 0) is 41.7 Å². The first-order valence-electron chi connectivity index (χ1n) is 13.4. The van der Waals surface area contributed by atoms with Gasteiger partial charge in [-0.05, 0) is 53.2 Å². The van der Waals surface area contributed by atoms with Crippen molar-refractivity contribution in [1.82, 2.24) is 5.32 Å². The van der Waals surface area contributed by atoms with Crippen molar-refractivity contribution in [2.75, 3.05) is 60.3 Å². The minimum atomic E-state index is -0.889. The Balaban J connectivity index is 1.78. The third-order valence-corrected chi connectivity index (χ3v) is 7.82. The van der Waals surface area contributed by atoms with Gasteiger partial charge in [-0.2, -0.15) is 11.8 Å². The van der Waals surface area contributed by atoms with Crippen molar-refractivity contribution in [1.29, 1.82) is 0 Å². The highest BCUT2D eigenvalue weighted by atomic mass is 32.2. The van der Waals surface area contributed by atoms with Crippen LogP contribution in [-0.4, -0.2) is 83.9 Å². The van der Waals surface area contributed by atoms with Crippen molar-refractivity contribution in [2.24, 2.45) is 11.1 Å². The summed E-state index contributed by atoms with van der Waals surface area (Å²) in [4.78, 5) is 30.8. The lowest BCUT2D eigenvalue weighted by atomic mass is 9.95. The lowest BCUT2D eigenvalue weighted by Crippen LogP contribution is -2.47. The molecule has 0 radical (unpaired) electrons. The smallest absolute Gasteiger partial charge is 0.328 e. The highest BCUT2D eigenvalue weighted by Crippen LogP contribution is 2.40. The van der Waals surface area contributed by atoms with E-state index in [1.54, 1.807) is 21.3 Å². The Labute approximate surface area is 246 Å². The maximum absolute atomic E-state index is 13.2. The summed E-state index contributed by atoms with van der Waals surface area (Å²) >= 11 is 1.85. The number of esters is 1. The molecule has 0 saturated carbocycles. The Kier molecular flexibility index (Phi) is 13.3. The van der Waals surface area contributed by atoms with Crippen molar-refractivity contribution in [3.63, 3.8) is 0 Å². The molecule has 1 heterocycles. The molecule has 2 aromatic carbocycles. The second-order valence-corrected chi connectivity index (χ2v) is 10.6. The molecule has 0 spiro atoms. The van der Waals surface area contributed by atoms with Gasteiger partial charge >= 0.3 is 5.97 Å². The van der Waals surface area contributed by atoms with Gasteiger partial charge in [0.15, 0.2) is 0 Å². The fourth-order valence-electron chi connectivity index (χ4n) is 4.65. The molecule has 224 valence electrons. The summed E-state index contributed by atoms with van der Waals surface area (Å²) in [7, 11) is 7.57. The monoisotopic (exact) mass is 588 g/mol. The first-order chi connectivity index (χ1) is 19.9. The number of benzene rings is 2. The van der Waals surface area contributed by atoms with Crippen LogP contribution in [0.2, 0.25) is 0 Å². The zero-order valence-corrected chi connectivity index (χ0v) is 25.2. The van der Waals surface area contributed by atoms with Gasteiger partial charge in [0.05, 0.1) is 46.7 Å². The van der Waals surface area contributed by atoms with Crippen LogP contribution in [0.1, 0.15) is 24.0 Å². The summed E-state index contributed by atoms with van der Waals surface area (Å²) in [6, 6.07) is 10.6. The number of nitrogens with zero attached hydrogens (tertiary/aromatic N) is 1. The largest absolute Gasteiger partial charge is 0.496 e. The molecular weight excluding hydrogens is 548 g/mol. The Morgan fingerprint density at radius 1 is 0.951 bits per heavy atom. The van der Waals surface area contributed by atoms with Crippen molar-refractivity contribution < 1.29 is 38.1 Å². The molecule has 11 heteroatoms. The minimum Gasteiger partial charge on any atom is -0.496 e. The van der Waals surface area contributed by atoms with Gasteiger partial charge in [0.25, 0.3) is 5.91 Å². The molecule has 3 rings (SSSR count). The van der Waals surface area contributed by atoms with E-state index in [4.69, 9.17) is 28.5 Å². The van der Waals surface area contributed by atoms with Crippen LogP contribution in [0.3, 0.4) is 0 Å². The van der Waals surface area contributed by atoms with Crippen LogP contribution in [0.4, 0.5) is 0 Å². The standard InChI is InChI=1S/C30H40N2O8S/c1-35-12-13-40-19-21-17-25(36-2)27(26(18-21)37-3)22-8-6-20(7-9-22)16-24(30(34)38-4)31-29(33)28(32-39-5)23-10-14-41-15-11-23/h6-9,17-18,23-24H,10-16,19H2,1-5H3,(H,31,33)/t24-/m0/s1. The number of amides is 1. The zero-order valence-electron chi connectivity index (χ0n) is 24.4. The molecule has 0 bridgehead atoms. The highest BCUT2D eigenvalue weighted by molar-refractivity contribution is 7.99. The molecule has 1 N–H and O–H groups in total. The van der Waals surface area contributed by atoms with Gasteiger partial charge in [-0.15, -0.1) is 0 Å². The normalized spacial score (nSPS) is 14.7. The maximum Gasteiger partial charge on any atom is 0.328 e. The summed E-state index contributed by atoms with van der Waals surface area (Å²) < 4.78 is 27.1. The number of rotatable bonds is 15. The van der Waals surface area contributed by atoms with E-state index in [1.807, 2.05) is 48.2 Å². The first-order valence-corrected chi connectivity index (χ1v) is 14.6. The Morgan fingerprint density at radius 2 is 1.61 bits per heavy atom. The summed E-state index contributed by atoms with van der Waals surface area (Å²) in [6.07, 6.45) is 1.91. The number of hydrogen-bond acceptors (Lipinski definition) is 10. The van der Waals surface area contributed by atoms with Crippen LogP contribution < -0.4 is 14.8 Å². The Morgan fingerprint density at radius 3 is 2.17 bits per heavy atom. The van der Waals surface area contributed by atoms with Gasteiger partial charge in [-0.25, -0.2) is 4.79 Å². The number of methoxy groups -OCH3 is 4. The van der Waals surface area contributed by atoms with Crippen molar-refractivity contribution in [3.05, 3.63) is 47.5 Å². The van der Waals surface area contributed by atoms with Gasteiger partial charge in [0.2, 0.25) is 0 Å². The molecular formula is C30H40N2O8S. The lowest BCUT2D eigenvalue weighted by Gasteiger charge is -2.23. The number of hydrogen-bond donors (Lipinski definition) is 1. The van der Waals surface area contributed by atoms with Crippen molar-refractivity contribution in [2.45, 2.75) is 31.9 Å². The van der Waals surface area contributed by atoms with E-state index >= 15 is 0 Å².